The number of likely N-dealkylation sites (tertiary alicyclic amines) is 1. The lowest BCUT2D eigenvalue weighted by atomic mass is 9.93. The van der Waals surface area contributed by atoms with Gasteiger partial charge in [-0.05, 0) is 83.3 Å². The van der Waals surface area contributed by atoms with Gasteiger partial charge in [-0.25, -0.2) is 9.97 Å². The highest BCUT2D eigenvalue weighted by atomic mass is 19.4. The van der Waals surface area contributed by atoms with E-state index in [1.807, 2.05) is 13.0 Å². The molecule has 1 N–H and O–H groups in total. The highest BCUT2D eigenvalue weighted by Crippen LogP contribution is 2.34. The molecule has 1 fully saturated rings. The molecule has 3 heterocycles. The second kappa shape index (κ2) is 10.2. The fourth-order valence-corrected chi connectivity index (χ4v) is 4.47. The molecule has 3 aromatic rings. The minimum Gasteiger partial charge on any atom is -0.478 e. The Morgan fingerprint density at radius 3 is 2.62 bits per heavy atom. The molecule has 0 aliphatic carbocycles. The van der Waals surface area contributed by atoms with E-state index in [2.05, 4.69) is 26.9 Å². The van der Waals surface area contributed by atoms with Crippen LogP contribution in [-0.4, -0.2) is 46.6 Å². The second-order valence-electron chi connectivity index (χ2n) is 9.21. The third kappa shape index (κ3) is 5.78. The molecule has 4 rings (SSSR count). The maximum atomic E-state index is 13.1. The van der Waals surface area contributed by atoms with E-state index in [-0.39, 0.29) is 0 Å². The third-order valence-corrected chi connectivity index (χ3v) is 6.53. The van der Waals surface area contributed by atoms with Crippen LogP contribution in [-0.2, 0) is 6.18 Å². The number of hydrogen-bond acceptors (Lipinski definition) is 4. The summed E-state index contributed by atoms with van der Waals surface area (Å²) in [5.41, 5.74) is 2.65. The van der Waals surface area contributed by atoms with Gasteiger partial charge in [0, 0.05) is 29.1 Å². The third-order valence-electron chi connectivity index (χ3n) is 6.53. The van der Waals surface area contributed by atoms with Crippen molar-refractivity contribution in [1.29, 1.82) is 0 Å². The maximum Gasteiger partial charge on any atom is 0.416 e. The minimum absolute atomic E-state index is 0.421. The van der Waals surface area contributed by atoms with Gasteiger partial charge in [0.15, 0.2) is 0 Å². The van der Waals surface area contributed by atoms with Gasteiger partial charge >= 0.3 is 6.18 Å². The van der Waals surface area contributed by atoms with Gasteiger partial charge in [0.2, 0.25) is 5.88 Å². The predicted molar refractivity (Wildman–Crippen MR) is 127 cm³/mol. The highest BCUT2D eigenvalue weighted by molar-refractivity contribution is 5.69. The van der Waals surface area contributed by atoms with Crippen molar-refractivity contribution in [3.63, 3.8) is 0 Å². The minimum atomic E-state index is -4.40. The number of pyridine rings is 1. The van der Waals surface area contributed by atoms with Gasteiger partial charge in [-0.15, -0.1) is 0 Å². The zero-order chi connectivity index (χ0) is 24.3. The number of aryl methyl sites for hydroxylation is 2. The number of hydrogen-bond donors (Lipinski definition) is 1. The first kappa shape index (κ1) is 24.3. The van der Waals surface area contributed by atoms with Crippen LogP contribution in [0.4, 0.5) is 13.2 Å². The van der Waals surface area contributed by atoms with Gasteiger partial charge in [0.05, 0.1) is 17.9 Å². The molecule has 0 saturated carbocycles. The van der Waals surface area contributed by atoms with E-state index in [1.54, 1.807) is 19.2 Å². The Bertz CT molecular complexity index is 1120. The van der Waals surface area contributed by atoms with Crippen molar-refractivity contribution < 1.29 is 17.9 Å². The first-order valence-corrected chi connectivity index (χ1v) is 11.7. The molecule has 0 unspecified atom stereocenters. The summed E-state index contributed by atoms with van der Waals surface area (Å²) in [4.78, 5) is 14.6. The van der Waals surface area contributed by atoms with Crippen LogP contribution in [0.1, 0.15) is 42.5 Å². The number of alkyl halides is 3. The lowest BCUT2D eigenvalue weighted by Gasteiger charge is -2.28. The van der Waals surface area contributed by atoms with Gasteiger partial charge in [-0.3, -0.25) is 0 Å². The Hall–Kier alpha value is -2.87. The molecule has 34 heavy (non-hydrogen) atoms. The predicted octanol–water partition coefficient (Wildman–Crippen LogP) is 6.28. The summed E-state index contributed by atoms with van der Waals surface area (Å²) in [6, 6.07) is 7.10. The van der Waals surface area contributed by atoms with E-state index in [1.165, 1.54) is 38.4 Å². The second-order valence-corrected chi connectivity index (χ2v) is 9.21. The van der Waals surface area contributed by atoms with Gasteiger partial charge in [0.25, 0.3) is 0 Å². The monoisotopic (exact) mass is 472 g/mol. The maximum absolute atomic E-state index is 13.1. The first-order valence-electron chi connectivity index (χ1n) is 11.7. The largest absolute Gasteiger partial charge is 0.478 e. The Kier molecular flexibility index (Phi) is 7.26. The molecule has 0 spiro atoms. The zero-order valence-electron chi connectivity index (χ0n) is 19.9. The van der Waals surface area contributed by atoms with Crippen molar-refractivity contribution in [3.8, 4) is 28.5 Å². The van der Waals surface area contributed by atoms with Crippen LogP contribution in [0.3, 0.4) is 0 Å². The van der Waals surface area contributed by atoms with Crippen LogP contribution in [0.15, 0.2) is 36.5 Å². The molecule has 1 aliphatic rings. The molecule has 1 saturated heterocycles. The smallest absolute Gasteiger partial charge is 0.416 e. The number of benzene rings is 1. The number of imidazole rings is 1. The van der Waals surface area contributed by atoms with E-state index < -0.39 is 11.7 Å². The average molecular weight is 473 g/mol. The van der Waals surface area contributed by atoms with E-state index in [0.29, 0.717) is 35.3 Å². The number of nitrogens with one attached hydrogen (secondary N) is 1. The molecule has 8 heteroatoms. The summed E-state index contributed by atoms with van der Waals surface area (Å²) in [5.74, 6) is 1.93. The van der Waals surface area contributed by atoms with Crippen LogP contribution < -0.4 is 4.74 Å². The van der Waals surface area contributed by atoms with Crippen LogP contribution in [0.5, 0.6) is 5.88 Å². The van der Waals surface area contributed by atoms with Crippen molar-refractivity contribution in [2.45, 2.75) is 45.7 Å². The number of H-pyrrole nitrogens is 1. The van der Waals surface area contributed by atoms with E-state index in [0.717, 1.165) is 35.6 Å². The number of halogens is 3. The average Bonchev–Trinajstić information content (AvgIpc) is 3.19. The molecule has 0 bridgehead atoms. The number of aromatic nitrogens is 3. The van der Waals surface area contributed by atoms with Crippen LogP contribution in [0.25, 0.3) is 22.6 Å². The Morgan fingerprint density at radius 2 is 1.91 bits per heavy atom. The zero-order valence-corrected chi connectivity index (χ0v) is 19.9. The summed E-state index contributed by atoms with van der Waals surface area (Å²) in [5, 5.41) is 0. The Labute approximate surface area is 198 Å². The molecule has 1 aliphatic heterocycles. The van der Waals surface area contributed by atoms with E-state index in [4.69, 9.17) is 4.74 Å². The molecular formula is C26H31F3N4O. The fraction of sp³-hybridized carbons (Fsp3) is 0.462. The van der Waals surface area contributed by atoms with Crippen LogP contribution >= 0.6 is 0 Å². The van der Waals surface area contributed by atoms with E-state index in [9.17, 15) is 13.2 Å². The number of rotatable bonds is 7. The topological polar surface area (TPSA) is 54.0 Å². The standard InChI is InChI=1S/C26H31F3N4O/c1-17-14-23(34-13-5-6-19-9-11-33(3)12-10-19)30-16-22(17)25-31-18(2)24(32-25)20-7-4-8-21(15-20)26(27,28)29/h4,7-8,14-16,19H,5-6,9-13H2,1-3H3,(H,31,32). The van der Waals surface area contributed by atoms with Gasteiger partial charge in [-0.1, -0.05) is 12.1 Å². The summed E-state index contributed by atoms with van der Waals surface area (Å²) < 4.78 is 45.2. The first-order chi connectivity index (χ1) is 16.2. The lowest BCUT2D eigenvalue weighted by Crippen LogP contribution is -2.30. The normalized spacial score (nSPS) is 15.6. The number of aromatic amines is 1. The molecule has 2 aromatic heterocycles. The summed E-state index contributed by atoms with van der Waals surface area (Å²) >= 11 is 0. The van der Waals surface area contributed by atoms with Gasteiger partial charge in [-0.2, -0.15) is 13.2 Å². The number of ether oxygens (including phenoxy) is 1. The summed E-state index contributed by atoms with van der Waals surface area (Å²) in [7, 11) is 2.17. The van der Waals surface area contributed by atoms with Gasteiger partial charge < -0.3 is 14.6 Å². The quantitative estimate of drug-likeness (QED) is 0.412. The summed E-state index contributed by atoms with van der Waals surface area (Å²) in [6.45, 7) is 6.74. The number of piperidine rings is 1. The molecule has 5 nitrogen and oxygen atoms in total. The lowest BCUT2D eigenvalue weighted by molar-refractivity contribution is -0.137. The van der Waals surface area contributed by atoms with Crippen LogP contribution in [0, 0.1) is 19.8 Å². The van der Waals surface area contributed by atoms with Crippen molar-refractivity contribution in [1.82, 2.24) is 19.9 Å². The Balaban J connectivity index is 1.40. The van der Waals surface area contributed by atoms with Crippen molar-refractivity contribution in [2.75, 3.05) is 26.7 Å². The molecule has 182 valence electrons. The molecule has 1 aromatic carbocycles. The van der Waals surface area contributed by atoms with Gasteiger partial charge in [0.1, 0.15) is 5.82 Å². The van der Waals surface area contributed by atoms with E-state index >= 15 is 0 Å². The molecule has 0 amide bonds. The molecule has 0 radical (unpaired) electrons. The van der Waals surface area contributed by atoms with Crippen molar-refractivity contribution in [2.24, 2.45) is 5.92 Å². The summed E-state index contributed by atoms with van der Waals surface area (Å²) in [6.07, 6.45) is 2.01. The molecular weight excluding hydrogens is 441 g/mol. The van der Waals surface area contributed by atoms with Crippen molar-refractivity contribution >= 4 is 0 Å². The van der Waals surface area contributed by atoms with Crippen molar-refractivity contribution in [3.05, 3.63) is 53.3 Å². The highest BCUT2D eigenvalue weighted by Gasteiger charge is 2.30. The van der Waals surface area contributed by atoms with Crippen LogP contribution in [0.2, 0.25) is 0 Å². The SMILES string of the molecule is Cc1cc(OCCCC2CCN(C)CC2)ncc1-c1nc(-c2cccc(C(F)(F)F)c2)c(C)[nH]1. The number of nitrogens with zero attached hydrogens (tertiary/aromatic N) is 3. The molecule has 0 atom stereocenters. The Morgan fingerprint density at radius 1 is 1.15 bits per heavy atom. The fourth-order valence-electron chi connectivity index (χ4n) is 4.47.